The molecule has 0 aliphatic heterocycles. The average molecular weight is 460 g/mol. The van der Waals surface area contributed by atoms with Crippen LogP contribution >= 0.6 is 27.5 Å². The maximum Gasteiger partial charge on any atom is 0.173 e. The Kier molecular flexibility index (Phi) is 5.30. The van der Waals surface area contributed by atoms with E-state index in [2.05, 4.69) is 31.4 Å². The molecule has 1 atom stereocenters. The third kappa shape index (κ3) is 3.73. The molecule has 1 unspecified atom stereocenters. The summed E-state index contributed by atoms with van der Waals surface area (Å²) in [6, 6.07) is 15.2. The van der Waals surface area contributed by atoms with Gasteiger partial charge in [0.25, 0.3) is 0 Å². The van der Waals surface area contributed by atoms with E-state index in [1.807, 2.05) is 48.5 Å². The Bertz CT molecular complexity index is 1110. The van der Waals surface area contributed by atoms with Gasteiger partial charge in [0.05, 0.1) is 24.0 Å². The highest BCUT2D eigenvalue weighted by molar-refractivity contribution is 9.10. The van der Waals surface area contributed by atoms with Crippen LogP contribution in [0.1, 0.15) is 28.6 Å². The van der Waals surface area contributed by atoms with Crippen LogP contribution in [-0.4, -0.2) is 25.3 Å². The van der Waals surface area contributed by atoms with Gasteiger partial charge in [0, 0.05) is 15.1 Å². The van der Waals surface area contributed by atoms with E-state index < -0.39 is 6.10 Å². The molecule has 28 heavy (non-hydrogen) atoms. The van der Waals surface area contributed by atoms with Crippen LogP contribution in [0.25, 0.3) is 11.3 Å². The highest BCUT2D eigenvalue weighted by Crippen LogP contribution is 2.34. The summed E-state index contributed by atoms with van der Waals surface area (Å²) in [6.45, 7) is 2.25. The molecular weight excluding hydrogens is 444 g/mol. The maximum absolute atomic E-state index is 10.9. The van der Waals surface area contributed by atoms with Crippen LogP contribution in [-0.2, 0) is 6.54 Å². The van der Waals surface area contributed by atoms with Crippen molar-refractivity contribution in [2.24, 2.45) is 0 Å². The zero-order chi connectivity index (χ0) is 19.7. The van der Waals surface area contributed by atoms with Crippen LogP contribution in [0.2, 0.25) is 5.02 Å². The quantitative estimate of drug-likeness (QED) is 0.464. The molecule has 0 saturated carbocycles. The maximum atomic E-state index is 10.9. The van der Waals surface area contributed by atoms with Crippen molar-refractivity contribution in [1.82, 2.24) is 20.2 Å². The summed E-state index contributed by atoms with van der Waals surface area (Å²) in [5.74, 6) is 0.512. The molecule has 6 nitrogen and oxygen atoms in total. The van der Waals surface area contributed by atoms with E-state index in [0.717, 1.165) is 15.6 Å². The number of halogens is 2. The van der Waals surface area contributed by atoms with Gasteiger partial charge in [-0.05, 0) is 30.7 Å². The molecule has 2 aromatic heterocycles. The number of hydrogen-bond acceptors (Lipinski definition) is 5. The summed E-state index contributed by atoms with van der Waals surface area (Å²) in [7, 11) is 0. The fraction of sp³-hybridized carbons (Fsp3) is 0.150. The van der Waals surface area contributed by atoms with Crippen LogP contribution in [0, 0.1) is 6.92 Å². The lowest BCUT2D eigenvalue weighted by atomic mass is 10.0. The van der Waals surface area contributed by atoms with Gasteiger partial charge in [0.2, 0.25) is 0 Å². The number of aromatic nitrogens is 4. The highest BCUT2D eigenvalue weighted by atomic mass is 79.9. The summed E-state index contributed by atoms with van der Waals surface area (Å²) in [6.07, 6.45) is 0.691. The van der Waals surface area contributed by atoms with Gasteiger partial charge in [-0.15, -0.1) is 5.10 Å². The molecule has 0 fully saturated rings. The average Bonchev–Trinajstić information content (AvgIpc) is 3.31. The van der Waals surface area contributed by atoms with Crippen LogP contribution in [0.5, 0.6) is 0 Å². The lowest BCUT2D eigenvalue weighted by Gasteiger charge is -2.08. The predicted molar refractivity (Wildman–Crippen MR) is 109 cm³/mol. The van der Waals surface area contributed by atoms with Gasteiger partial charge in [-0.1, -0.05) is 68.2 Å². The third-order valence-corrected chi connectivity index (χ3v) is 5.31. The van der Waals surface area contributed by atoms with Gasteiger partial charge in [-0.25, -0.2) is 4.68 Å². The van der Waals surface area contributed by atoms with Crippen LogP contribution < -0.4 is 0 Å². The molecule has 0 bridgehead atoms. The van der Waals surface area contributed by atoms with E-state index in [4.69, 9.17) is 16.1 Å². The molecule has 142 valence electrons. The standard InChI is InChI=1S/C20H16BrClN4O2/c1-12-18(20(28-24-12)13-6-8-15(21)9-7-13)19(27)17-11-26(25-23-17)10-14-4-2-3-5-16(14)22/h2-9,11,19,27H,10H2,1H3. The van der Waals surface area contributed by atoms with Gasteiger partial charge in [-0.2, -0.15) is 0 Å². The number of aliphatic hydroxyl groups excluding tert-OH is 1. The Balaban J connectivity index is 1.63. The minimum atomic E-state index is -1.01. The fourth-order valence-corrected chi connectivity index (χ4v) is 3.43. The third-order valence-electron chi connectivity index (χ3n) is 4.41. The molecule has 0 amide bonds. The van der Waals surface area contributed by atoms with E-state index >= 15 is 0 Å². The van der Waals surface area contributed by atoms with Crippen molar-refractivity contribution in [1.29, 1.82) is 0 Å². The molecule has 4 aromatic rings. The van der Waals surface area contributed by atoms with Crippen molar-refractivity contribution in [3.05, 3.63) is 86.7 Å². The predicted octanol–water partition coefficient (Wildman–Crippen LogP) is 4.79. The number of aryl methyl sites for hydroxylation is 1. The SMILES string of the molecule is Cc1noc(-c2ccc(Br)cc2)c1C(O)c1cn(Cc2ccccc2Cl)nn1. The molecule has 2 aromatic carbocycles. The van der Waals surface area contributed by atoms with E-state index in [1.165, 1.54) is 0 Å². The summed E-state index contributed by atoms with van der Waals surface area (Å²) in [5.41, 5.74) is 3.34. The van der Waals surface area contributed by atoms with E-state index in [1.54, 1.807) is 17.8 Å². The van der Waals surface area contributed by atoms with Gasteiger partial charge in [-0.3, -0.25) is 0 Å². The van der Waals surface area contributed by atoms with Gasteiger partial charge >= 0.3 is 0 Å². The zero-order valence-electron chi connectivity index (χ0n) is 14.9. The molecule has 4 rings (SSSR count). The normalized spacial score (nSPS) is 12.3. The monoisotopic (exact) mass is 458 g/mol. The molecule has 0 radical (unpaired) electrons. The first-order valence-electron chi connectivity index (χ1n) is 8.56. The molecule has 0 aliphatic carbocycles. The molecule has 8 heteroatoms. The second-order valence-corrected chi connectivity index (χ2v) is 7.68. The Morgan fingerprint density at radius 1 is 1.18 bits per heavy atom. The second kappa shape index (κ2) is 7.87. The fourth-order valence-electron chi connectivity index (χ4n) is 2.97. The Morgan fingerprint density at radius 3 is 2.68 bits per heavy atom. The van der Waals surface area contributed by atoms with Crippen LogP contribution in [0.15, 0.2) is 63.7 Å². The molecule has 0 spiro atoms. The Hall–Kier alpha value is -2.48. The topological polar surface area (TPSA) is 77.0 Å². The molecule has 2 heterocycles. The smallest absolute Gasteiger partial charge is 0.173 e. The molecule has 0 aliphatic rings. The van der Waals surface area contributed by atoms with Crippen molar-refractivity contribution in [3.63, 3.8) is 0 Å². The van der Waals surface area contributed by atoms with Crippen molar-refractivity contribution >= 4 is 27.5 Å². The van der Waals surface area contributed by atoms with Gasteiger partial charge < -0.3 is 9.63 Å². The van der Waals surface area contributed by atoms with Gasteiger partial charge in [0.15, 0.2) is 5.76 Å². The highest BCUT2D eigenvalue weighted by Gasteiger charge is 2.25. The summed E-state index contributed by atoms with van der Waals surface area (Å²) in [4.78, 5) is 0. The number of hydrogen-bond donors (Lipinski definition) is 1. The number of aliphatic hydroxyl groups is 1. The first-order valence-corrected chi connectivity index (χ1v) is 9.73. The zero-order valence-corrected chi connectivity index (χ0v) is 17.2. The van der Waals surface area contributed by atoms with Crippen molar-refractivity contribution in [2.45, 2.75) is 19.6 Å². The number of benzene rings is 2. The lowest BCUT2D eigenvalue weighted by molar-refractivity contribution is 0.214. The van der Waals surface area contributed by atoms with Crippen molar-refractivity contribution in [3.8, 4) is 11.3 Å². The van der Waals surface area contributed by atoms with E-state index in [0.29, 0.717) is 34.3 Å². The van der Waals surface area contributed by atoms with E-state index in [9.17, 15) is 5.11 Å². The molecular formula is C20H16BrClN4O2. The number of nitrogens with zero attached hydrogens (tertiary/aromatic N) is 4. The van der Waals surface area contributed by atoms with E-state index in [-0.39, 0.29) is 0 Å². The second-order valence-electron chi connectivity index (χ2n) is 6.35. The summed E-state index contributed by atoms with van der Waals surface area (Å²) >= 11 is 9.63. The summed E-state index contributed by atoms with van der Waals surface area (Å²) in [5, 5.41) is 23.9. The largest absolute Gasteiger partial charge is 0.382 e. The van der Waals surface area contributed by atoms with Crippen molar-refractivity contribution < 1.29 is 9.63 Å². The van der Waals surface area contributed by atoms with Crippen molar-refractivity contribution in [2.75, 3.05) is 0 Å². The number of rotatable bonds is 5. The molecule has 0 saturated heterocycles. The molecule has 1 N–H and O–H groups in total. The lowest BCUT2D eigenvalue weighted by Crippen LogP contribution is -2.03. The minimum absolute atomic E-state index is 0.414. The van der Waals surface area contributed by atoms with Gasteiger partial charge in [0.1, 0.15) is 11.8 Å². The Morgan fingerprint density at radius 2 is 1.93 bits per heavy atom. The first kappa shape index (κ1) is 18.9. The van der Waals surface area contributed by atoms with Crippen LogP contribution in [0.3, 0.4) is 0 Å². The summed E-state index contributed by atoms with van der Waals surface area (Å²) < 4.78 is 8.08. The first-order chi connectivity index (χ1) is 13.5. The minimum Gasteiger partial charge on any atom is -0.382 e. The van der Waals surface area contributed by atoms with Crippen LogP contribution in [0.4, 0.5) is 0 Å². The Labute approximate surface area is 174 Å².